The molecule has 3 saturated heterocycles. The molecule has 9 heterocycles. The van der Waals surface area contributed by atoms with E-state index in [1.807, 2.05) is 16.7 Å². The van der Waals surface area contributed by atoms with Gasteiger partial charge in [0, 0.05) is 136 Å². The Bertz CT molecular complexity index is 5440. The highest BCUT2D eigenvalue weighted by molar-refractivity contribution is 6.32. The smallest absolute Gasteiger partial charge is 0.312 e. The molecule has 7 aromatic rings. The number of carboxylic acid groups (broad SMARTS) is 1. The molecule has 6 aliphatic heterocycles. The maximum Gasteiger partial charge on any atom is 0.312 e. The third-order valence-electron chi connectivity index (χ3n) is 28.7. The molecule has 0 unspecified atom stereocenters. The van der Waals surface area contributed by atoms with E-state index in [1.165, 1.54) is 28.3 Å². The van der Waals surface area contributed by atoms with Crippen molar-refractivity contribution in [3.8, 4) is 28.7 Å². The largest absolute Gasteiger partial charge is 0.497 e. The van der Waals surface area contributed by atoms with E-state index in [4.69, 9.17) is 63.2 Å². The number of esters is 1. The van der Waals surface area contributed by atoms with Crippen LogP contribution in [0.1, 0.15) is 234 Å². The predicted molar refractivity (Wildman–Crippen MR) is 459 cm³/mol. The second-order valence-electron chi connectivity index (χ2n) is 36.9. The molecule has 5 amide bonds. The van der Waals surface area contributed by atoms with Crippen LogP contribution in [0.4, 0.5) is 26.3 Å². The molecule has 7 atom stereocenters. The average Bonchev–Trinajstić information content (AvgIpc) is 1.70. The Morgan fingerprint density at radius 2 is 0.899 bits per heavy atom. The van der Waals surface area contributed by atoms with Crippen LogP contribution in [0.5, 0.6) is 28.7 Å². The summed E-state index contributed by atoms with van der Waals surface area (Å²) < 4.78 is 120. The Kier molecular flexibility index (Phi) is 27.6. The van der Waals surface area contributed by atoms with Gasteiger partial charge < -0.3 is 63.3 Å². The fourth-order valence-electron chi connectivity index (χ4n) is 20.8. The van der Waals surface area contributed by atoms with Crippen molar-refractivity contribution >= 4 is 88.7 Å². The topological polar surface area (TPSA) is 315 Å². The van der Waals surface area contributed by atoms with E-state index in [9.17, 15) is 60.2 Å². The highest BCUT2D eigenvalue weighted by atomic mass is 35.5. The van der Waals surface area contributed by atoms with Gasteiger partial charge in [0.15, 0.2) is 0 Å². The molecule has 8 fully saturated rings. The quantitative estimate of drug-likeness (QED) is 0.0376. The van der Waals surface area contributed by atoms with Gasteiger partial charge in [0.2, 0.25) is 29.5 Å². The first-order valence-electron chi connectivity index (χ1n) is 43.8. The van der Waals surface area contributed by atoms with Crippen LogP contribution in [0.3, 0.4) is 0 Å². The van der Waals surface area contributed by atoms with Crippen LogP contribution in [0, 0.1) is 38.9 Å². The molecule has 3 spiro atoms. The molecule has 696 valence electrons. The predicted octanol–water partition coefficient (Wildman–Crippen LogP) is 14.7. The molecule has 11 aliphatic rings. The molecule has 4 aromatic carbocycles. The molecule has 5 aliphatic carbocycles. The molecule has 2 N–H and O–H groups in total. The van der Waals surface area contributed by atoms with Gasteiger partial charge in [-0.15, -0.1) is 27.7 Å². The van der Waals surface area contributed by atoms with Gasteiger partial charge in [-0.3, -0.25) is 33.6 Å². The minimum absolute atomic E-state index is 0. The summed E-state index contributed by atoms with van der Waals surface area (Å²) in [5.41, 5.74) is 2.30. The monoisotopic (exact) mass is 1880 g/mol. The first-order chi connectivity index (χ1) is 61.2. The lowest BCUT2D eigenvalue weighted by atomic mass is 9.66. The number of aryl methyl sites for hydroxylation is 3. The first kappa shape index (κ1) is 94.0. The van der Waals surface area contributed by atoms with E-state index in [1.54, 1.807) is 83.3 Å². The van der Waals surface area contributed by atoms with Gasteiger partial charge in [-0.1, -0.05) is 76.1 Å². The summed E-state index contributed by atoms with van der Waals surface area (Å²) in [5.74, 6) is -0.699. The van der Waals surface area contributed by atoms with Crippen molar-refractivity contribution in [3.63, 3.8) is 0 Å². The van der Waals surface area contributed by atoms with Crippen LogP contribution in [0.25, 0.3) is 0 Å². The molecule has 0 radical (unpaired) electrons. The number of carboxylic acids is 1. The summed E-state index contributed by atoms with van der Waals surface area (Å²) in [6.07, 6.45) is 5.81. The van der Waals surface area contributed by atoms with E-state index in [2.05, 4.69) is 36.3 Å². The van der Waals surface area contributed by atoms with Crippen LogP contribution < -0.4 is 29.0 Å². The number of carbonyl (C=O) groups excluding carboxylic acids is 6. The number of ether oxygens (including phenoxy) is 6. The van der Waals surface area contributed by atoms with Crippen molar-refractivity contribution < 1.29 is 93.4 Å². The Morgan fingerprint density at radius 3 is 1.29 bits per heavy atom. The molecule has 5 saturated carbocycles. The zero-order valence-electron chi connectivity index (χ0n) is 73.0. The number of aromatic nitrogens is 9. The number of hydrogen-bond acceptors (Lipinski definition) is 20. The van der Waals surface area contributed by atoms with E-state index in [0.29, 0.717) is 151 Å². The summed E-state index contributed by atoms with van der Waals surface area (Å²) in [6.45, 7) is 7.01. The average molecular weight is 1880 g/mol. The number of likely N-dealkylation sites (tertiary alicyclic amines) is 3. The number of nitrogens with one attached hydrogen (secondary N) is 1. The number of benzene rings is 4. The van der Waals surface area contributed by atoms with Crippen molar-refractivity contribution in [2.24, 2.45) is 60.1 Å². The lowest BCUT2D eigenvalue weighted by molar-refractivity contribution is -0.169. The van der Waals surface area contributed by atoms with Gasteiger partial charge in [0.05, 0.1) is 55.0 Å². The number of nitrogens with zero attached hydrogens (tertiary/aromatic N) is 14. The zero-order chi connectivity index (χ0) is 90.8. The summed E-state index contributed by atoms with van der Waals surface area (Å²) >= 11 is 20.0. The number of amides is 5. The number of rotatable bonds is 26. The lowest BCUT2D eigenvalue weighted by Gasteiger charge is -2.45. The van der Waals surface area contributed by atoms with Crippen LogP contribution in [-0.4, -0.2) is 189 Å². The number of methoxy groups -OCH3 is 2. The fraction of sp³-hybridized carbons (Fsp3) is 0.589. The van der Waals surface area contributed by atoms with Crippen molar-refractivity contribution in [1.29, 1.82) is 0 Å². The van der Waals surface area contributed by atoms with Gasteiger partial charge in [-0.25, -0.2) is 40.4 Å². The third kappa shape index (κ3) is 19.0. The Hall–Kier alpha value is -9.71. The number of alkyl halides is 6. The Balaban J connectivity index is 0.000000153. The number of hydrogen-bond donors (Lipinski definition) is 2. The molecule has 3 aromatic heterocycles. The molecule has 39 heteroatoms. The summed E-state index contributed by atoms with van der Waals surface area (Å²) in [4.78, 5) is 104. The van der Waals surface area contributed by atoms with Crippen LogP contribution in [0.15, 0.2) is 54.6 Å². The van der Waals surface area contributed by atoms with Crippen molar-refractivity contribution in [3.05, 3.63) is 143 Å². The number of halogens is 10. The molecular formula is C90H107Cl4F6N15O14. The summed E-state index contributed by atoms with van der Waals surface area (Å²) in [5, 5.41) is 38.0. The molecule has 129 heavy (non-hydrogen) atoms. The number of carbonyl (C=O) groups is 7. The molecule has 29 nitrogen and oxygen atoms in total. The van der Waals surface area contributed by atoms with Gasteiger partial charge >= 0.3 is 11.9 Å². The molecule has 18 rings (SSSR count). The third-order valence-corrected chi connectivity index (χ3v) is 29.8. The first-order valence-corrected chi connectivity index (χ1v) is 44.9. The maximum absolute atomic E-state index is 15.0. The molecular weight excluding hydrogens is 1770 g/mol. The van der Waals surface area contributed by atoms with Crippen LogP contribution >= 0.6 is 47.2 Å². The molecule has 0 bridgehead atoms. The highest BCUT2D eigenvalue weighted by Crippen LogP contribution is 2.58. The summed E-state index contributed by atoms with van der Waals surface area (Å²) in [6, 6.07) is 14.0. The fourth-order valence-corrected chi connectivity index (χ4v) is 21.5. The van der Waals surface area contributed by atoms with Crippen molar-refractivity contribution in [1.82, 2.24) is 74.8 Å². The second-order valence-corrected chi connectivity index (χ2v) is 38.1. The van der Waals surface area contributed by atoms with E-state index in [0.717, 1.165) is 120 Å². The van der Waals surface area contributed by atoms with Crippen LogP contribution in [-0.2, 0) is 105 Å². The van der Waals surface area contributed by atoms with Crippen molar-refractivity contribution in [2.45, 2.75) is 206 Å². The Morgan fingerprint density at radius 1 is 0.504 bits per heavy atom. The SMILES string of the molecule is COc1ccc(COC(=O)[C@@]2(C)CCCC[C@H]2C(=O)N2CCc3c(Cl)ccc(OCc4nnn(C)c4C(F)F)c3[C@H]2CN2CC3(CC3)CC2=O)c(OC)c1.Cl.Cn1nnc(COc2ccc(Cl)c3c2[C@@H](CN2CC4(CC4)CC2=O)N(C(=O)[C@@H]2CCCC[C@]2(C)C(=O)O)CC3)c1C(F)F.Cn1nnc(COc2ccc(Cl)c3c2[C@@H](CN2CC4(CC4)CC2=O)NCC3)c1C(F)F. The highest BCUT2D eigenvalue weighted by Gasteiger charge is 2.58. The van der Waals surface area contributed by atoms with Gasteiger partial charge in [0.1, 0.15) is 89.3 Å². The Labute approximate surface area is 763 Å². The number of aliphatic carboxylic acids is 1. The zero-order valence-corrected chi connectivity index (χ0v) is 76.1. The van der Waals surface area contributed by atoms with E-state index >= 15 is 4.79 Å². The van der Waals surface area contributed by atoms with Gasteiger partial charge in [-0.05, 0) is 185 Å². The summed E-state index contributed by atoms with van der Waals surface area (Å²) in [7, 11) is 7.30. The van der Waals surface area contributed by atoms with E-state index < -0.39 is 66.0 Å². The van der Waals surface area contributed by atoms with E-state index in [-0.39, 0.29) is 138 Å². The minimum Gasteiger partial charge on any atom is -0.497 e. The van der Waals surface area contributed by atoms with Gasteiger partial charge in [-0.2, -0.15) is 0 Å². The standard InChI is InChI=1S/C39H46ClF2N5O7.C30H36ClF2N5O5.C21H24ClF2N5O2.ClH/c1-38(37(50)54-20-23-8-9-24(51-3)17-31(23)52-4)13-6-5-7-26(38)36(49)47-16-12-25-27(40)10-11-30(53-21-28-34(35(41)42)45(2)44-43-28)33(25)29(47)19-46-22-39(14-15-39)18-32(46)48;1-29(28(41)42)9-4-3-5-18(29)27(40)38-12-8-17-19(31)6-7-22(43-15-20-25(26(32)33)36(2)35-34-20)24(17)21(38)14-37-16-30(10-11-30)13-23(37)39;1-28-19(20(23)24)15(26-27-28)10-31-16-3-2-13(22)12-4-7-25-14(18(12)16)9-29-11-21(5-6-21)8-17(29)30;/h8-11,17,26,29,35H,5-7,12-16,18-22H2,1-4H3;6-7,18,21,26H,3-5,8-16H2,1-2H3,(H,41,42);2-3,14,20,25H,4-11H2,1H3;1H/t26-,29+,38-;18-,21+,29-;14-;/m001./s1. The minimum atomic E-state index is -2.81. The maximum atomic E-state index is 15.0. The second kappa shape index (κ2) is 37.9. The van der Waals surface area contributed by atoms with Gasteiger partial charge in [0.25, 0.3) is 19.3 Å². The van der Waals surface area contributed by atoms with Crippen LogP contribution in [0.2, 0.25) is 15.1 Å². The number of fused-ring (bicyclic) bond motifs is 3. The normalized spacial score (nSPS) is 23.6. The van der Waals surface area contributed by atoms with Crippen molar-refractivity contribution in [2.75, 3.05) is 73.1 Å². The lowest BCUT2D eigenvalue weighted by Crippen LogP contribution is -2.53.